The van der Waals surface area contributed by atoms with Crippen molar-refractivity contribution in [2.45, 2.75) is 19.8 Å². The van der Waals surface area contributed by atoms with Gasteiger partial charge in [-0.25, -0.2) is 14.8 Å². The van der Waals surface area contributed by atoms with E-state index in [-0.39, 0.29) is 5.56 Å². The molecule has 2 aromatic rings. The standard InChI is InChI=1S/C15H16N2O3/c1-3-13-12(15(18)19)9-16-14(17-13)8-10-4-6-11(20-2)7-5-10/h4-7,9H,3,8H2,1-2H3,(H,18,19). The average molecular weight is 272 g/mol. The minimum atomic E-state index is -0.988. The first-order chi connectivity index (χ1) is 9.63. The van der Waals surface area contributed by atoms with Crippen molar-refractivity contribution in [3.05, 3.63) is 53.1 Å². The number of methoxy groups -OCH3 is 1. The summed E-state index contributed by atoms with van der Waals surface area (Å²) in [7, 11) is 1.62. The predicted octanol–water partition coefficient (Wildman–Crippen LogP) is 2.34. The van der Waals surface area contributed by atoms with Crippen LogP contribution in [0.15, 0.2) is 30.5 Å². The van der Waals surface area contributed by atoms with E-state index in [9.17, 15) is 4.79 Å². The number of nitrogens with zero attached hydrogens (tertiary/aromatic N) is 2. The number of carbonyl (C=O) groups is 1. The van der Waals surface area contributed by atoms with Crippen molar-refractivity contribution >= 4 is 5.97 Å². The van der Waals surface area contributed by atoms with Gasteiger partial charge in [-0.2, -0.15) is 0 Å². The molecule has 1 aromatic carbocycles. The maximum atomic E-state index is 11.0. The average Bonchev–Trinajstić information content (AvgIpc) is 2.47. The molecule has 0 radical (unpaired) electrons. The highest BCUT2D eigenvalue weighted by Crippen LogP contribution is 2.14. The molecular formula is C15H16N2O3. The Morgan fingerprint density at radius 3 is 2.55 bits per heavy atom. The number of carboxylic acids is 1. The third-order valence-corrected chi connectivity index (χ3v) is 3.00. The minimum Gasteiger partial charge on any atom is -0.497 e. The highest BCUT2D eigenvalue weighted by Gasteiger charge is 2.12. The van der Waals surface area contributed by atoms with Crippen molar-refractivity contribution in [1.82, 2.24) is 9.97 Å². The molecule has 5 nitrogen and oxygen atoms in total. The van der Waals surface area contributed by atoms with E-state index < -0.39 is 5.97 Å². The summed E-state index contributed by atoms with van der Waals surface area (Å²) in [6.45, 7) is 1.88. The monoisotopic (exact) mass is 272 g/mol. The summed E-state index contributed by atoms with van der Waals surface area (Å²) in [6.07, 6.45) is 2.52. The minimum absolute atomic E-state index is 0.172. The van der Waals surface area contributed by atoms with Crippen LogP contribution in [0.5, 0.6) is 5.75 Å². The molecule has 104 valence electrons. The zero-order chi connectivity index (χ0) is 14.5. The maximum Gasteiger partial charge on any atom is 0.339 e. The van der Waals surface area contributed by atoms with Gasteiger partial charge in [-0.15, -0.1) is 0 Å². The predicted molar refractivity (Wildman–Crippen MR) is 74.2 cm³/mol. The van der Waals surface area contributed by atoms with Crippen molar-refractivity contribution in [2.75, 3.05) is 7.11 Å². The first kappa shape index (κ1) is 14.0. The van der Waals surface area contributed by atoms with Gasteiger partial charge in [0.2, 0.25) is 0 Å². The molecule has 0 unspecified atom stereocenters. The molecule has 0 fully saturated rings. The number of hydrogen-bond donors (Lipinski definition) is 1. The molecule has 0 amide bonds. The van der Waals surface area contributed by atoms with E-state index in [1.807, 2.05) is 31.2 Å². The molecule has 0 bridgehead atoms. The molecule has 20 heavy (non-hydrogen) atoms. The number of rotatable bonds is 5. The quantitative estimate of drug-likeness (QED) is 0.904. The van der Waals surface area contributed by atoms with E-state index >= 15 is 0 Å². The second-order valence-corrected chi connectivity index (χ2v) is 4.33. The van der Waals surface area contributed by atoms with Crippen molar-refractivity contribution in [3.63, 3.8) is 0 Å². The summed E-state index contributed by atoms with van der Waals surface area (Å²) in [5, 5.41) is 9.04. The first-order valence-electron chi connectivity index (χ1n) is 6.35. The van der Waals surface area contributed by atoms with Crippen molar-refractivity contribution < 1.29 is 14.6 Å². The Balaban J connectivity index is 2.22. The van der Waals surface area contributed by atoms with E-state index in [2.05, 4.69) is 9.97 Å². The van der Waals surface area contributed by atoms with Gasteiger partial charge in [-0.1, -0.05) is 19.1 Å². The first-order valence-corrected chi connectivity index (χ1v) is 6.35. The molecule has 0 aliphatic rings. The van der Waals surface area contributed by atoms with E-state index in [1.54, 1.807) is 7.11 Å². The molecule has 1 aromatic heterocycles. The third kappa shape index (κ3) is 3.12. The van der Waals surface area contributed by atoms with E-state index in [0.717, 1.165) is 11.3 Å². The van der Waals surface area contributed by atoms with Gasteiger partial charge in [0.1, 0.15) is 11.6 Å². The maximum absolute atomic E-state index is 11.0. The molecule has 0 saturated heterocycles. The smallest absolute Gasteiger partial charge is 0.339 e. The van der Waals surface area contributed by atoms with Crippen LogP contribution in [0.3, 0.4) is 0 Å². The lowest BCUT2D eigenvalue weighted by Gasteiger charge is -2.06. The van der Waals surface area contributed by atoms with Gasteiger partial charge in [0.05, 0.1) is 18.4 Å². The highest BCUT2D eigenvalue weighted by molar-refractivity contribution is 5.88. The summed E-state index contributed by atoms with van der Waals surface area (Å²) >= 11 is 0. The largest absolute Gasteiger partial charge is 0.497 e. The summed E-state index contributed by atoms with van der Waals surface area (Å²) in [6, 6.07) is 7.64. The third-order valence-electron chi connectivity index (χ3n) is 3.00. The number of ether oxygens (including phenoxy) is 1. The SMILES string of the molecule is CCc1nc(Cc2ccc(OC)cc2)ncc1C(=O)O. The van der Waals surface area contributed by atoms with Crippen LogP contribution in [0.25, 0.3) is 0 Å². The van der Waals surface area contributed by atoms with Crippen molar-refractivity contribution in [1.29, 1.82) is 0 Å². The second kappa shape index (κ2) is 6.14. The summed E-state index contributed by atoms with van der Waals surface area (Å²) in [5.41, 5.74) is 1.79. The van der Waals surface area contributed by atoms with Gasteiger partial charge >= 0.3 is 5.97 Å². The Hall–Kier alpha value is -2.43. The van der Waals surface area contributed by atoms with E-state index in [0.29, 0.717) is 24.4 Å². The normalized spacial score (nSPS) is 10.3. The number of aryl methyl sites for hydroxylation is 1. The molecule has 2 rings (SSSR count). The number of aromatic carboxylic acids is 1. The van der Waals surface area contributed by atoms with Crippen LogP contribution in [0, 0.1) is 0 Å². The fourth-order valence-corrected chi connectivity index (χ4v) is 1.92. The lowest BCUT2D eigenvalue weighted by molar-refractivity contribution is 0.0694. The summed E-state index contributed by atoms with van der Waals surface area (Å²) in [5.74, 6) is 0.431. The summed E-state index contributed by atoms with van der Waals surface area (Å²) < 4.78 is 5.10. The van der Waals surface area contributed by atoms with Crippen LogP contribution >= 0.6 is 0 Å². The van der Waals surface area contributed by atoms with Gasteiger partial charge in [0.15, 0.2) is 0 Å². The molecule has 0 saturated carbocycles. The molecule has 0 spiro atoms. The fraction of sp³-hybridized carbons (Fsp3) is 0.267. The second-order valence-electron chi connectivity index (χ2n) is 4.33. The van der Waals surface area contributed by atoms with Gasteiger partial charge in [0.25, 0.3) is 0 Å². The highest BCUT2D eigenvalue weighted by atomic mass is 16.5. The van der Waals surface area contributed by atoms with E-state index in [1.165, 1.54) is 6.20 Å². The molecule has 5 heteroatoms. The van der Waals surface area contributed by atoms with Gasteiger partial charge < -0.3 is 9.84 Å². The molecule has 0 atom stereocenters. The van der Waals surface area contributed by atoms with Crippen molar-refractivity contribution in [3.8, 4) is 5.75 Å². The summed E-state index contributed by atoms with van der Waals surface area (Å²) in [4.78, 5) is 19.5. The fourth-order valence-electron chi connectivity index (χ4n) is 1.92. The van der Waals surface area contributed by atoms with Crippen LogP contribution in [-0.2, 0) is 12.8 Å². The molecule has 1 N–H and O–H groups in total. The van der Waals surface area contributed by atoms with Crippen molar-refractivity contribution in [2.24, 2.45) is 0 Å². The lowest BCUT2D eigenvalue weighted by Crippen LogP contribution is -2.08. The van der Waals surface area contributed by atoms with Crippen LogP contribution in [-0.4, -0.2) is 28.2 Å². The topological polar surface area (TPSA) is 72.3 Å². The Morgan fingerprint density at radius 2 is 2.00 bits per heavy atom. The van der Waals surface area contributed by atoms with Gasteiger partial charge in [-0.3, -0.25) is 0 Å². The Kier molecular flexibility index (Phi) is 4.30. The lowest BCUT2D eigenvalue weighted by atomic mass is 10.1. The number of benzene rings is 1. The van der Waals surface area contributed by atoms with E-state index in [4.69, 9.17) is 9.84 Å². The Bertz CT molecular complexity index is 609. The number of hydrogen-bond acceptors (Lipinski definition) is 4. The molecule has 0 aliphatic heterocycles. The zero-order valence-corrected chi connectivity index (χ0v) is 11.5. The Morgan fingerprint density at radius 1 is 1.30 bits per heavy atom. The molecule has 1 heterocycles. The number of aromatic nitrogens is 2. The van der Waals surface area contributed by atoms with Crippen LogP contribution in [0.4, 0.5) is 0 Å². The van der Waals surface area contributed by atoms with Crippen LogP contribution in [0.1, 0.15) is 34.4 Å². The molecule has 0 aliphatic carbocycles. The Labute approximate surface area is 117 Å². The zero-order valence-electron chi connectivity index (χ0n) is 11.5. The van der Waals surface area contributed by atoms with Gasteiger partial charge in [-0.05, 0) is 24.1 Å². The molecular weight excluding hydrogens is 256 g/mol. The van der Waals surface area contributed by atoms with Crippen LogP contribution in [0.2, 0.25) is 0 Å². The number of carboxylic acid groups (broad SMARTS) is 1. The van der Waals surface area contributed by atoms with Gasteiger partial charge in [0, 0.05) is 12.6 Å². The van der Waals surface area contributed by atoms with Crippen LogP contribution < -0.4 is 4.74 Å².